The number of fused-ring (bicyclic) bond motifs is 1. The molecule has 1 heterocycles. The van der Waals surface area contributed by atoms with Gasteiger partial charge in [0.15, 0.2) is 0 Å². The number of nitriles is 1. The third-order valence-electron chi connectivity index (χ3n) is 4.51. The molecule has 0 aliphatic carbocycles. The average Bonchev–Trinajstić information content (AvgIpc) is 3.02. The van der Waals surface area contributed by atoms with Crippen molar-refractivity contribution >= 4 is 46.4 Å². The summed E-state index contributed by atoms with van der Waals surface area (Å²) in [7, 11) is 0. The molecule has 140 valence electrons. The summed E-state index contributed by atoms with van der Waals surface area (Å²) in [6.07, 6.45) is 1.75. The van der Waals surface area contributed by atoms with E-state index < -0.39 is 0 Å². The van der Waals surface area contributed by atoms with E-state index in [1.54, 1.807) is 66.7 Å². The number of rotatable bonds is 3. The third kappa shape index (κ3) is 3.75. The first-order valence-electron chi connectivity index (χ1n) is 8.78. The predicted octanol–water partition coefficient (Wildman–Crippen LogP) is 4.96. The molecule has 0 aromatic heterocycles. The van der Waals surface area contributed by atoms with E-state index in [0.717, 1.165) is 11.1 Å². The fourth-order valence-corrected chi connectivity index (χ4v) is 3.35. The van der Waals surface area contributed by atoms with Gasteiger partial charge < -0.3 is 10.6 Å². The maximum absolute atomic E-state index is 12.5. The molecular formula is C23H14ClN3O2. The predicted molar refractivity (Wildman–Crippen MR) is 114 cm³/mol. The van der Waals surface area contributed by atoms with Crippen LogP contribution in [0.1, 0.15) is 27.0 Å². The third-order valence-corrected chi connectivity index (χ3v) is 4.84. The zero-order chi connectivity index (χ0) is 20.4. The summed E-state index contributed by atoms with van der Waals surface area (Å²) in [5.41, 5.74) is 4.05. The minimum Gasteiger partial charge on any atom is -0.322 e. The fraction of sp³-hybridized carbons (Fsp3) is 0. The number of nitrogens with one attached hydrogen (secondary N) is 2. The van der Waals surface area contributed by atoms with Crippen LogP contribution >= 0.6 is 11.6 Å². The Morgan fingerprint density at radius 2 is 1.90 bits per heavy atom. The van der Waals surface area contributed by atoms with Gasteiger partial charge in [0.2, 0.25) is 0 Å². The van der Waals surface area contributed by atoms with Crippen LogP contribution < -0.4 is 10.6 Å². The van der Waals surface area contributed by atoms with Crippen LogP contribution in [0.15, 0.2) is 66.7 Å². The molecule has 1 aliphatic heterocycles. The quantitative estimate of drug-likeness (QED) is 0.611. The van der Waals surface area contributed by atoms with Gasteiger partial charge in [-0.3, -0.25) is 9.59 Å². The van der Waals surface area contributed by atoms with Crippen molar-refractivity contribution < 1.29 is 9.59 Å². The number of halogens is 1. The van der Waals surface area contributed by atoms with Crippen molar-refractivity contribution in [3.63, 3.8) is 0 Å². The van der Waals surface area contributed by atoms with E-state index in [4.69, 9.17) is 16.9 Å². The van der Waals surface area contributed by atoms with Gasteiger partial charge in [0.1, 0.15) is 0 Å². The molecule has 1 aliphatic rings. The number of carbonyl (C=O) groups excluding carboxylic acids is 2. The molecule has 0 radical (unpaired) electrons. The van der Waals surface area contributed by atoms with Crippen LogP contribution in [-0.2, 0) is 4.79 Å². The topological polar surface area (TPSA) is 82.0 Å². The molecule has 4 rings (SSSR count). The lowest BCUT2D eigenvalue weighted by molar-refractivity contribution is -0.110. The Bertz CT molecular complexity index is 1220. The summed E-state index contributed by atoms with van der Waals surface area (Å²) < 4.78 is 0. The van der Waals surface area contributed by atoms with Gasteiger partial charge in [-0.05, 0) is 48.0 Å². The van der Waals surface area contributed by atoms with Gasteiger partial charge in [0.05, 0.1) is 27.9 Å². The normalized spacial score (nSPS) is 13.5. The van der Waals surface area contributed by atoms with Crippen LogP contribution in [0.25, 0.3) is 11.6 Å². The Balaban J connectivity index is 1.62. The number of hydrogen-bond acceptors (Lipinski definition) is 3. The number of amides is 2. The molecule has 0 bridgehead atoms. The van der Waals surface area contributed by atoms with Crippen molar-refractivity contribution in [3.05, 3.63) is 94.0 Å². The maximum atomic E-state index is 12.5. The Morgan fingerprint density at radius 1 is 1.07 bits per heavy atom. The number of anilines is 2. The highest BCUT2D eigenvalue weighted by Gasteiger charge is 2.24. The molecule has 6 heteroatoms. The summed E-state index contributed by atoms with van der Waals surface area (Å²) in [4.78, 5) is 24.8. The van der Waals surface area contributed by atoms with Gasteiger partial charge in [-0.2, -0.15) is 5.26 Å². The van der Waals surface area contributed by atoms with E-state index in [2.05, 4.69) is 16.7 Å². The van der Waals surface area contributed by atoms with Crippen molar-refractivity contribution in [2.45, 2.75) is 0 Å². The molecule has 0 saturated carbocycles. The first-order chi connectivity index (χ1) is 14.0. The second-order valence-electron chi connectivity index (χ2n) is 6.44. The van der Waals surface area contributed by atoms with Crippen LogP contribution in [0, 0.1) is 11.3 Å². The zero-order valence-electron chi connectivity index (χ0n) is 15.1. The number of nitrogens with zero attached hydrogens (tertiary/aromatic N) is 1. The maximum Gasteiger partial charge on any atom is 0.257 e. The largest absolute Gasteiger partial charge is 0.322 e. The highest BCUT2D eigenvalue weighted by molar-refractivity contribution is 6.35. The molecule has 0 saturated heterocycles. The Labute approximate surface area is 172 Å². The van der Waals surface area contributed by atoms with E-state index in [-0.39, 0.29) is 11.8 Å². The Morgan fingerprint density at radius 3 is 2.69 bits per heavy atom. The number of carbonyl (C=O) groups is 2. The van der Waals surface area contributed by atoms with Gasteiger partial charge in [-0.15, -0.1) is 0 Å². The lowest BCUT2D eigenvalue weighted by Gasteiger charge is -2.07. The minimum absolute atomic E-state index is 0.236. The Kier molecular flexibility index (Phi) is 4.86. The van der Waals surface area contributed by atoms with Crippen molar-refractivity contribution in [3.8, 4) is 6.07 Å². The molecule has 0 spiro atoms. The molecule has 3 aromatic carbocycles. The molecule has 2 amide bonds. The first kappa shape index (κ1) is 18.5. The van der Waals surface area contributed by atoms with Crippen LogP contribution in [0.3, 0.4) is 0 Å². The Hall–Kier alpha value is -3.88. The van der Waals surface area contributed by atoms with E-state index in [1.807, 2.05) is 6.07 Å². The number of hydrogen-bond donors (Lipinski definition) is 2. The highest BCUT2D eigenvalue weighted by atomic mass is 35.5. The molecule has 0 unspecified atom stereocenters. The lowest BCUT2D eigenvalue weighted by atomic mass is 10.0. The van der Waals surface area contributed by atoms with Gasteiger partial charge in [-0.1, -0.05) is 41.9 Å². The SMILES string of the molecule is N#Cc1ccc2c(c1)NC(=O)/C2=C\c1cccc(NC(=O)c2ccccc2Cl)c1. The molecule has 2 N–H and O–H groups in total. The molecular weight excluding hydrogens is 386 g/mol. The molecule has 3 aromatic rings. The monoisotopic (exact) mass is 399 g/mol. The van der Waals surface area contributed by atoms with E-state index in [0.29, 0.717) is 33.1 Å². The summed E-state index contributed by atoms with van der Waals surface area (Å²) in [5.74, 6) is -0.547. The van der Waals surface area contributed by atoms with Crippen LogP contribution in [-0.4, -0.2) is 11.8 Å². The highest BCUT2D eigenvalue weighted by Crippen LogP contribution is 2.34. The summed E-state index contributed by atoms with van der Waals surface area (Å²) in [6.45, 7) is 0. The first-order valence-corrected chi connectivity index (χ1v) is 9.16. The van der Waals surface area contributed by atoms with Gasteiger partial charge in [0, 0.05) is 16.8 Å². The molecule has 5 nitrogen and oxygen atoms in total. The average molecular weight is 400 g/mol. The van der Waals surface area contributed by atoms with Crippen LogP contribution in [0.4, 0.5) is 11.4 Å². The smallest absolute Gasteiger partial charge is 0.257 e. The minimum atomic E-state index is -0.312. The zero-order valence-corrected chi connectivity index (χ0v) is 15.8. The van der Waals surface area contributed by atoms with E-state index in [1.165, 1.54) is 0 Å². The summed E-state index contributed by atoms with van der Waals surface area (Å²) >= 11 is 6.08. The second kappa shape index (κ2) is 7.63. The van der Waals surface area contributed by atoms with Gasteiger partial charge in [0.25, 0.3) is 11.8 Å². The molecule has 0 atom stereocenters. The van der Waals surface area contributed by atoms with Crippen LogP contribution in [0.2, 0.25) is 5.02 Å². The summed E-state index contributed by atoms with van der Waals surface area (Å²) in [6, 6.07) is 21.1. The van der Waals surface area contributed by atoms with Crippen molar-refractivity contribution in [2.75, 3.05) is 10.6 Å². The second-order valence-corrected chi connectivity index (χ2v) is 6.85. The fourth-order valence-electron chi connectivity index (χ4n) is 3.12. The molecule has 0 fully saturated rings. The van der Waals surface area contributed by atoms with Crippen LogP contribution in [0.5, 0.6) is 0 Å². The lowest BCUT2D eigenvalue weighted by Crippen LogP contribution is -2.12. The van der Waals surface area contributed by atoms with Gasteiger partial charge >= 0.3 is 0 Å². The summed E-state index contributed by atoms with van der Waals surface area (Å²) in [5, 5.41) is 15.0. The van der Waals surface area contributed by atoms with Crippen molar-refractivity contribution in [1.82, 2.24) is 0 Å². The van der Waals surface area contributed by atoms with Gasteiger partial charge in [-0.25, -0.2) is 0 Å². The van der Waals surface area contributed by atoms with Crippen molar-refractivity contribution in [2.24, 2.45) is 0 Å². The number of benzene rings is 3. The van der Waals surface area contributed by atoms with E-state index in [9.17, 15) is 9.59 Å². The molecule has 29 heavy (non-hydrogen) atoms. The van der Waals surface area contributed by atoms with Crippen molar-refractivity contribution in [1.29, 1.82) is 5.26 Å². The van der Waals surface area contributed by atoms with E-state index >= 15 is 0 Å². The standard InChI is InChI=1S/C23H14ClN3O2/c24-20-7-2-1-6-18(20)22(28)26-16-5-3-4-14(10-16)11-19-17-9-8-15(13-25)12-21(17)27-23(19)29/h1-12H,(H,26,28)(H,27,29)/b19-11-.